The molecule has 0 unspecified atom stereocenters. The summed E-state index contributed by atoms with van der Waals surface area (Å²) >= 11 is 0. The molecule has 0 bridgehead atoms. The SMILES string of the molecule is Cl.NCc1cc(Oc2cccc(C(N)=O)c2Cc2ccc3ccccc3n2)ncn1. The van der Waals surface area contributed by atoms with Gasteiger partial charge >= 0.3 is 0 Å². The number of primary amides is 1. The topological polar surface area (TPSA) is 117 Å². The highest BCUT2D eigenvalue weighted by Crippen LogP contribution is 2.29. The van der Waals surface area contributed by atoms with E-state index in [9.17, 15) is 4.79 Å². The van der Waals surface area contributed by atoms with E-state index in [-0.39, 0.29) is 19.0 Å². The van der Waals surface area contributed by atoms with Gasteiger partial charge in [-0.3, -0.25) is 9.78 Å². The Morgan fingerprint density at radius 1 is 0.967 bits per heavy atom. The smallest absolute Gasteiger partial charge is 0.249 e. The van der Waals surface area contributed by atoms with Crippen LogP contribution in [0.1, 0.15) is 27.3 Å². The molecule has 0 spiro atoms. The summed E-state index contributed by atoms with van der Waals surface area (Å²) < 4.78 is 5.96. The van der Waals surface area contributed by atoms with Crippen molar-refractivity contribution in [3.8, 4) is 11.6 Å². The lowest BCUT2D eigenvalue weighted by Crippen LogP contribution is -2.15. The molecule has 0 radical (unpaired) electrons. The van der Waals surface area contributed by atoms with Crippen molar-refractivity contribution >= 4 is 29.2 Å². The quantitative estimate of drug-likeness (QED) is 0.492. The summed E-state index contributed by atoms with van der Waals surface area (Å²) in [7, 11) is 0. The number of carbonyl (C=O) groups is 1. The van der Waals surface area contributed by atoms with Crippen LogP contribution in [0.15, 0.2) is 67.0 Å². The largest absolute Gasteiger partial charge is 0.439 e. The zero-order valence-electron chi connectivity index (χ0n) is 16.0. The molecular formula is C22H20ClN5O2. The maximum absolute atomic E-state index is 12.0. The molecule has 4 rings (SSSR count). The molecule has 2 aromatic carbocycles. The van der Waals surface area contributed by atoms with Crippen LogP contribution in [0, 0.1) is 0 Å². The monoisotopic (exact) mass is 421 g/mol. The molecule has 0 aliphatic heterocycles. The van der Waals surface area contributed by atoms with Crippen LogP contribution in [-0.4, -0.2) is 20.9 Å². The normalized spacial score (nSPS) is 10.4. The summed E-state index contributed by atoms with van der Waals surface area (Å²) in [5.74, 6) is 0.296. The molecule has 2 aromatic heterocycles. The number of para-hydroxylation sites is 1. The number of ether oxygens (including phenoxy) is 1. The minimum Gasteiger partial charge on any atom is -0.439 e. The van der Waals surface area contributed by atoms with Crippen LogP contribution in [0.4, 0.5) is 0 Å². The fourth-order valence-corrected chi connectivity index (χ4v) is 3.12. The number of aromatic nitrogens is 3. The van der Waals surface area contributed by atoms with Gasteiger partial charge in [0.05, 0.1) is 11.2 Å². The highest BCUT2D eigenvalue weighted by molar-refractivity contribution is 5.95. The molecular weight excluding hydrogens is 402 g/mol. The Kier molecular flexibility index (Phi) is 6.56. The Bertz CT molecular complexity index is 1200. The van der Waals surface area contributed by atoms with Gasteiger partial charge in [-0.1, -0.05) is 30.3 Å². The molecule has 152 valence electrons. The minimum absolute atomic E-state index is 0. The molecule has 4 N–H and O–H groups in total. The number of rotatable bonds is 6. The van der Waals surface area contributed by atoms with E-state index in [1.807, 2.05) is 36.4 Å². The van der Waals surface area contributed by atoms with Gasteiger partial charge in [0.25, 0.3) is 0 Å². The van der Waals surface area contributed by atoms with E-state index >= 15 is 0 Å². The molecule has 7 nitrogen and oxygen atoms in total. The number of nitrogens with two attached hydrogens (primary N) is 2. The summed E-state index contributed by atoms with van der Waals surface area (Å²) in [6, 6.07) is 18.6. The first-order chi connectivity index (χ1) is 14.1. The Hall–Kier alpha value is -3.55. The Morgan fingerprint density at radius 2 is 1.80 bits per heavy atom. The van der Waals surface area contributed by atoms with E-state index in [0.29, 0.717) is 34.9 Å². The summed E-state index contributed by atoms with van der Waals surface area (Å²) in [6.07, 6.45) is 1.77. The number of pyridine rings is 1. The lowest BCUT2D eigenvalue weighted by atomic mass is 10.0. The van der Waals surface area contributed by atoms with Gasteiger partial charge in [0.15, 0.2) is 0 Å². The van der Waals surface area contributed by atoms with Crippen molar-refractivity contribution in [3.63, 3.8) is 0 Å². The van der Waals surface area contributed by atoms with Crippen molar-refractivity contribution < 1.29 is 9.53 Å². The number of amides is 1. The van der Waals surface area contributed by atoms with Crippen LogP contribution in [0.5, 0.6) is 11.6 Å². The van der Waals surface area contributed by atoms with Crippen molar-refractivity contribution in [2.45, 2.75) is 13.0 Å². The molecule has 0 aliphatic carbocycles. The molecule has 8 heteroatoms. The molecule has 0 fully saturated rings. The number of carbonyl (C=O) groups excluding carboxylic acids is 1. The first kappa shape index (κ1) is 21.2. The van der Waals surface area contributed by atoms with Crippen molar-refractivity contribution in [1.29, 1.82) is 0 Å². The van der Waals surface area contributed by atoms with Gasteiger partial charge < -0.3 is 16.2 Å². The van der Waals surface area contributed by atoms with Gasteiger partial charge in [0, 0.05) is 41.2 Å². The number of fused-ring (bicyclic) bond motifs is 1. The van der Waals surface area contributed by atoms with Crippen molar-refractivity contribution in [2.75, 3.05) is 0 Å². The van der Waals surface area contributed by atoms with E-state index in [1.165, 1.54) is 6.33 Å². The Balaban J connectivity index is 0.00000256. The number of hydrogen-bond acceptors (Lipinski definition) is 6. The van der Waals surface area contributed by atoms with Crippen molar-refractivity contribution in [1.82, 2.24) is 15.0 Å². The van der Waals surface area contributed by atoms with Gasteiger partial charge in [-0.25, -0.2) is 9.97 Å². The Morgan fingerprint density at radius 3 is 2.60 bits per heavy atom. The Labute approximate surface area is 179 Å². The van der Waals surface area contributed by atoms with E-state index in [1.54, 1.807) is 24.3 Å². The van der Waals surface area contributed by atoms with Gasteiger partial charge in [0.1, 0.15) is 12.1 Å². The van der Waals surface area contributed by atoms with E-state index < -0.39 is 5.91 Å². The van der Waals surface area contributed by atoms with Crippen LogP contribution >= 0.6 is 12.4 Å². The number of benzene rings is 2. The standard InChI is InChI=1S/C22H19N5O2.ClH/c23-12-16-11-21(26-13-25-16)29-20-7-3-5-17(22(24)28)18(20)10-15-9-8-14-4-1-2-6-19(14)27-15;/h1-9,11,13H,10,12,23H2,(H2,24,28);1H. The highest BCUT2D eigenvalue weighted by atomic mass is 35.5. The maximum Gasteiger partial charge on any atom is 0.249 e. The zero-order valence-corrected chi connectivity index (χ0v) is 16.8. The summed E-state index contributed by atoms with van der Waals surface area (Å²) in [5.41, 5.74) is 14.6. The van der Waals surface area contributed by atoms with Gasteiger partial charge in [-0.2, -0.15) is 0 Å². The van der Waals surface area contributed by atoms with Crippen molar-refractivity contribution in [3.05, 3.63) is 89.5 Å². The van der Waals surface area contributed by atoms with Crippen LogP contribution in [0.2, 0.25) is 0 Å². The second-order valence-electron chi connectivity index (χ2n) is 6.47. The van der Waals surface area contributed by atoms with Crippen LogP contribution in [0.3, 0.4) is 0 Å². The summed E-state index contributed by atoms with van der Waals surface area (Å²) in [6.45, 7) is 0.272. The maximum atomic E-state index is 12.0. The average molecular weight is 422 g/mol. The molecule has 0 saturated heterocycles. The van der Waals surface area contributed by atoms with E-state index in [2.05, 4.69) is 9.97 Å². The summed E-state index contributed by atoms with van der Waals surface area (Å²) in [4.78, 5) is 24.9. The number of hydrogen-bond donors (Lipinski definition) is 2. The first-order valence-corrected chi connectivity index (χ1v) is 9.09. The molecule has 0 atom stereocenters. The molecule has 0 saturated carbocycles. The third-order valence-corrected chi connectivity index (χ3v) is 4.53. The van der Waals surface area contributed by atoms with Gasteiger partial charge in [-0.15, -0.1) is 12.4 Å². The third-order valence-electron chi connectivity index (χ3n) is 4.53. The predicted octanol–water partition coefficient (Wildman–Crippen LogP) is 3.39. The average Bonchev–Trinajstić information content (AvgIpc) is 2.75. The second-order valence-corrected chi connectivity index (χ2v) is 6.47. The number of nitrogens with zero attached hydrogens (tertiary/aromatic N) is 3. The molecule has 1 amide bonds. The zero-order chi connectivity index (χ0) is 20.2. The fourth-order valence-electron chi connectivity index (χ4n) is 3.12. The molecule has 2 heterocycles. The van der Waals surface area contributed by atoms with E-state index in [4.69, 9.17) is 21.2 Å². The second kappa shape index (κ2) is 9.30. The first-order valence-electron chi connectivity index (χ1n) is 9.09. The highest BCUT2D eigenvalue weighted by Gasteiger charge is 2.16. The lowest BCUT2D eigenvalue weighted by molar-refractivity contribution is 0.0999. The van der Waals surface area contributed by atoms with E-state index in [0.717, 1.165) is 16.6 Å². The molecule has 0 aliphatic rings. The van der Waals surface area contributed by atoms with Gasteiger partial charge in [0.2, 0.25) is 11.8 Å². The lowest BCUT2D eigenvalue weighted by Gasteiger charge is -2.14. The molecule has 30 heavy (non-hydrogen) atoms. The van der Waals surface area contributed by atoms with Crippen molar-refractivity contribution in [2.24, 2.45) is 11.5 Å². The summed E-state index contributed by atoms with van der Waals surface area (Å²) in [5, 5.41) is 1.05. The fraction of sp³-hybridized carbons (Fsp3) is 0.0909. The van der Waals surface area contributed by atoms with Gasteiger partial charge in [-0.05, 0) is 24.3 Å². The predicted molar refractivity (Wildman–Crippen MR) is 117 cm³/mol. The number of halogens is 1. The van der Waals surface area contributed by atoms with Crippen LogP contribution < -0.4 is 16.2 Å². The third kappa shape index (κ3) is 4.53. The van der Waals surface area contributed by atoms with Crippen LogP contribution in [-0.2, 0) is 13.0 Å². The molecule has 4 aromatic rings. The van der Waals surface area contributed by atoms with Crippen LogP contribution in [0.25, 0.3) is 10.9 Å². The minimum atomic E-state index is -0.531.